The molecule has 0 aromatic carbocycles. The molecular formula is C12H17N3O. The SMILES string of the molecule is O=Cc1c(C2CCCCC2)nnn1C1CC1. The standard InChI is InChI=1S/C12H17N3O/c16-8-11-12(9-4-2-1-3-5-9)13-14-15(11)10-6-7-10/h8-10H,1-7H2. The number of rotatable bonds is 3. The fourth-order valence-electron chi connectivity index (χ4n) is 2.68. The minimum Gasteiger partial charge on any atom is -0.296 e. The molecule has 2 fully saturated rings. The van der Waals surface area contributed by atoms with Crippen LogP contribution in [0.25, 0.3) is 0 Å². The molecule has 1 aromatic rings. The summed E-state index contributed by atoms with van der Waals surface area (Å²) < 4.78 is 1.84. The summed E-state index contributed by atoms with van der Waals surface area (Å²) in [5, 5.41) is 8.41. The maximum Gasteiger partial charge on any atom is 0.170 e. The minimum atomic E-state index is 0.449. The van der Waals surface area contributed by atoms with Crippen LogP contribution in [0.5, 0.6) is 0 Å². The van der Waals surface area contributed by atoms with Crippen molar-refractivity contribution in [3.05, 3.63) is 11.4 Å². The number of nitrogens with zero attached hydrogens (tertiary/aromatic N) is 3. The Morgan fingerprint density at radius 1 is 1.12 bits per heavy atom. The predicted molar refractivity (Wildman–Crippen MR) is 59.5 cm³/mol. The van der Waals surface area contributed by atoms with Gasteiger partial charge in [0.2, 0.25) is 0 Å². The number of hydrogen-bond acceptors (Lipinski definition) is 3. The van der Waals surface area contributed by atoms with Crippen molar-refractivity contribution in [2.24, 2.45) is 0 Å². The molecule has 2 aliphatic rings. The van der Waals surface area contributed by atoms with Crippen molar-refractivity contribution < 1.29 is 4.79 Å². The van der Waals surface area contributed by atoms with E-state index in [1.807, 2.05) is 4.68 Å². The van der Waals surface area contributed by atoms with E-state index in [1.165, 1.54) is 32.1 Å². The Kier molecular flexibility index (Phi) is 2.50. The molecule has 3 rings (SSSR count). The fraction of sp³-hybridized carbons (Fsp3) is 0.750. The third-order valence-electron chi connectivity index (χ3n) is 3.75. The fourth-order valence-corrected chi connectivity index (χ4v) is 2.68. The van der Waals surface area contributed by atoms with Crippen LogP contribution in [0.2, 0.25) is 0 Å². The topological polar surface area (TPSA) is 47.8 Å². The van der Waals surface area contributed by atoms with Crippen LogP contribution < -0.4 is 0 Å². The zero-order chi connectivity index (χ0) is 11.0. The molecule has 0 saturated heterocycles. The van der Waals surface area contributed by atoms with E-state index in [0.29, 0.717) is 12.0 Å². The Bertz CT molecular complexity index is 389. The normalized spacial score (nSPS) is 22.2. The Morgan fingerprint density at radius 3 is 2.50 bits per heavy atom. The van der Waals surface area contributed by atoms with Gasteiger partial charge in [0.05, 0.1) is 11.7 Å². The van der Waals surface area contributed by atoms with Crippen molar-refractivity contribution >= 4 is 6.29 Å². The molecule has 0 unspecified atom stereocenters. The van der Waals surface area contributed by atoms with E-state index >= 15 is 0 Å². The molecule has 4 nitrogen and oxygen atoms in total. The second-order valence-corrected chi connectivity index (χ2v) is 4.99. The van der Waals surface area contributed by atoms with Gasteiger partial charge in [-0.15, -0.1) is 5.10 Å². The molecule has 1 aromatic heterocycles. The highest BCUT2D eigenvalue weighted by Gasteiger charge is 2.31. The molecule has 0 spiro atoms. The van der Waals surface area contributed by atoms with Crippen molar-refractivity contribution in [2.75, 3.05) is 0 Å². The summed E-state index contributed by atoms with van der Waals surface area (Å²) >= 11 is 0. The predicted octanol–water partition coefficient (Wildman–Crippen LogP) is 2.47. The van der Waals surface area contributed by atoms with Crippen LogP contribution in [-0.2, 0) is 0 Å². The van der Waals surface area contributed by atoms with Gasteiger partial charge in [0, 0.05) is 5.92 Å². The lowest BCUT2D eigenvalue weighted by Crippen LogP contribution is -2.09. The Labute approximate surface area is 95.0 Å². The van der Waals surface area contributed by atoms with E-state index in [4.69, 9.17) is 0 Å². The first kappa shape index (κ1) is 10.00. The Balaban J connectivity index is 1.90. The van der Waals surface area contributed by atoms with E-state index in [2.05, 4.69) is 10.3 Å². The zero-order valence-corrected chi connectivity index (χ0v) is 9.43. The van der Waals surface area contributed by atoms with Gasteiger partial charge in [0.1, 0.15) is 5.69 Å². The van der Waals surface area contributed by atoms with Gasteiger partial charge in [0.25, 0.3) is 0 Å². The largest absolute Gasteiger partial charge is 0.296 e. The molecule has 0 aliphatic heterocycles. The molecule has 2 saturated carbocycles. The highest BCUT2D eigenvalue weighted by atomic mass is 16.1. The third-order valence-corrected chi connectivity index (χ3v) is 3.75. The molecule has 86 valence electrons. The average Bonchev–Trinajstić information content (AvgIpc) is 3.09. The van der Waals surface area contributed by atoms with Crippen molar-refractivity contribution in [3.8, 4) is 0 Å². The monoisotopic (exact) mass is 219 g/mol. The molecule has 2 aliphatic carbocycles. The van der Waals surface area contributed by atoms with E-state index in [0.717, 1.165) is 30.5 Å². The maximum atomic E-state index is 11.2. The molecule has 0 N–H and O–H groups in total. The van der Waals surface area contributed by atoms with E-state index in [-0.39, 0.29) is 0 Å². The summed E-state index contributed by atoms with van der Waals surface area (Å²) in [6, 6.07) is 0.449. The van der Waals surface area contributed by atoms with Crippen LogP contribution in [0.15, 0.2) is 0 Å². The highest BCUT2D eigenvalue weighted by molar-refractivity contribution is 5.74. The van der Waals surface area contributed by atoms with Crippen LogP contribution in [0.4, 0.5) is 0 Å². The zero-order valence-electron chi connectivity index (χ0n) is 9.43. The van der Waals surface area contributed by atoms with Crippen LogP contribution in [0, 0.1) is 0 Å². The first-order chi connectivity index (χ1) is 7.90. The Morgan fingerprint density at radius 2 is 1.88 bits per heavy atom. The summed E-state index contributed by atoms with van der Waals surface area (Å²) in [4.78, 5) is 11.2. The second kappa shape index (κ2) is 4.00. The smallest absolute Gasteiger partial charge is 0.170 e. The quantitative estimate of drug-likeness (QED) is 0.734. The van der Waals surface area contributed by atoms with Gasteiger partial charge >= 0.3 is 0 Å². The van der Waals surface area contributed by atoms with Gasteiger partial charge < -0.3 is 0 Å². The van der Waals surface area contributed by atoms with Gasteiger partial charge in [-0.25, -0.2) is 4.68 Å². The maximum absolute atomic E-state index is 11.2. The molecule has 0 amide bonds. The van der Waals surface area contributed by atoms with E-state index in [1.54, 1.807) is 0 Å². The molecule has 0 radical (unpaired) electrons. The molecule has 0 atom stereocenters. The number of carbonyl (C=O) groups excluding carboxylic acids is 1. The molecule has 0 bridgehead atoms. The van der Waals surface area contributed by atoms with Crippen molar-refractivity contribution in [2.45, 2.75) is 56.9 Å². The lowest BCUT2D eigenvalue weighted by molar-refractivity contribution is 0.111. The lowest BCUT2D eigenvalue weighted by Gasteiger charge is -2.19. The Hall–Kier alpha value is -1.19. The first-order valence-corrected chi connectivity index (χ1v) is 6.30. The number of carbonyl (C=O) groups is 1. The van der Waals surface area contributed by atoms with Gasteiger partial charge in [0.15, 0.2) is 6.29 Å². The van der Waals surface area contributed by atoms with E-state index in [9.17, 15) is 4.79 Å². The van der Waals surface area contributed by atoms with Crippen LogP contribution in [0.3, 0.4) is 0 Å². The highest BCUT2D eigenvalue weighted by Crippen LogP contribution is 2.38. The number of aromatic nitrogens is 3. The molecule has 1 heterocycles. The minimum absolute atomic E-state index is 0.449. The molecule has 16 heavy (non-hydrogen) atoms. The number of hydrogen-bond donors (Lipinski definition) is 0. The molecule has 4 heteroatoms. The summed E-state index contributed by atoms with van der Waals surface area (Å²) in [6.07, 6.45) is 9.43. The number of aldehydes is 1. The lowest BCUT2D eigenvalue weighted by atomic mass is 9.86. The van der Waals surface area contributed by atoms with E-state index < -0.39 is 0 Å². The molecular weight excluding hydrogens is 202 g/mol. The van der Waals surface area contributed by atoms with Crippen molar-refractivity contribution in [1.82, 2.24) is 15.0 Å². The summed E-state index contributed by atoms with van der Waals surface area (Å²) in [5.41, 5.74) is 1.70. The summed E-state index contributed by atoms with van der Waals surface area (Å²) in [7, 11) is 0. The van der Waals surface area contributed by atoms with Gasteiger partial charge in [-0.2, -0.15) is 0 Å². The van der Waals surface area contributed by atoms with Crippen LogP contribution >= 0.6 is 0 Å². The van der Waals surface area contributed by atoms with Gasteiger partial charge in [-0.1, -0.05) is 24.5 Å². The van der Waals surface area contributed by atoms with Crippen LogP contribution in [-0.4, -0.2) is 21.3 Å². The van der Waals surface area contributed by atoms with Gasteiger partial charge in [-0.05, 0) is 25.7 Å². The van der Waals surface area contributed by atoms with Crippen molar-refractivity contribution in [3.63, 3.8) is 0 Å². The summed E-state index contributed by atoms with van der Waals surface area (Å²) in [5.74, 6) is 0.474. The van der Waals surface area contributed by atoms with Gasteiger partial charge in [-0.3, -0.25) is 4.79 Å². The average molecular weight is 219 g/mol. The first-order valence-electron chi connectivity index (χ1n) is 6.30. The van der Waals surface area contributed by atoms with Crippen molar-refractivity contribution in [1.29, 1.82) is 0 Å². The second-order valence-electron chi connectivity index (χ2n) is 4.99. The summed E-state index contributed by atoms with van der Waals surface area (Å²) in [6.45, 7) is 0. The third kappa shape index (κ3) is 1.66. The van der Waals surface area contributed by atoms with Crippen LogP contribution in [0.1, 0.15) is 73.1 Å².